The van der Waals surface area contributed by atoms with Crippen molar-refractivity contribution in [2.75, 3.05) is 21.3 Å². The number of benzene rings is 3. The molecule has 5 heteroatoms. The molecule has 4 aromatic rings. The van der Waals surface area contributed by atoms with Crippen molar-refractivity contribution in [3.63, 3.8) is 0 Å². The van der Waals surface area contributed by atoms with Crippen molar-refractivity contribution >= 4 is 5.78 Å². The van der Waals surface area contributed by atoms with Crippen LogP contribution in [0.25, 0.3) is 16.8 Å². The van der Waals surface area contributed by atoms with Crippen LogP contribution in [-0.4, -0.2) is 31.7 Å². The Balaban J connectivity index is 1.88. The highest BCUT2D eigenvalue weighted by atomic mass is 16.5. The molecule has 1 heterocycles. The maximum absolute atomic E-state index is 13.7. The van der Waals surface area contributed by atoms with Crippen LogP contribution in [0.15, 0.2) is 79.1 Å². The van der Waals surface area contributed by atoms with Gasteiger partial charge >= 0.3 is 0 Å². The number of aromatic nitrogens is 1. The zero-order valence-electron chi connectivity index (χ0n) is 18.6. The number of aryl methyl sites for hydroxylation is 1. The van der Waals surface area contributed by atoms with Crippen LogP contribution in [0.1, 0.15) is 21.5 Å². The first-order chi connectivity index (χ1) is 15.5. The van der Waals surface area contributed by atoms with Crippen LogP contribution in [0.5, 0.6) is 17.2 Å². The normalized spacial score (nSPS) is 10.6. The Labute approximate surface area is 187 Å². The average Bonchev–Trinajstić information content (AvgIpc) is 3.28. The molecule has 0 unspecified atom stereocenters. The van der Waals surface area contributed by atoms with Gasteiger partial charge in [0.25, 0.3) is 0 Å². The van der Waals surface area contributed by atoms with Crippen molar-refractivity contribution in [2.24, 2.45) is 0 Å². The Hall–Kier alpha value is -3.99. The minimum Gasteiger partial charge on any atom is -0.493 e. The van der Waals surface area contributed by atoms with Crippen molar-refractivity contribution in [3.05, 3.63) is 95.8 Å². The summed E-state index contributed by atoms with van der Waals surface area (Å²) in [6.07, 6.45) is 3.87. The third kappa shape index (κ3) is 3.97. The molecule has 0 fully saturated rings. The maximum atomic E-state index is 13.7. The van der Waals surface area contributed by atoms with Crippen molar-refractivity contribution in [2.45, 2.75) is 6.92 Å². The second-order valence-corrected chi connectivity index (χ2v) is 7.44. The SMILES string of the molecule is COc1cc(C(=O)c2cn(-c3cccc(C)c3)cc2-c2ccccc2)cc(OC)c1OC. The number of rotatable bonds is 7. The number of hydrogen-bond acceptors (Lipinski definition) is 4. The number of nitrogens with zero attached hydrogens (tertiary/aromatic N) is 1. The second kappa shape index (κ2) is 9.02. The lowest BCUT2D eigenvalue weighted by atomic mass is 9.97. The molecule has 0 aliphatic heterocycles. The molecule has 0 atom stereocenters. The van der Waals surface area contributed by atoms with E-state index in [4.69, 9.17) is 14.2 Å². The zero-order chi connectivity index (χ0) is 22.7. The van der Waals surface area contributed by atoms with Gasteiger partial charge in [-0.25, -0.2) is 0 Å². The van der Waals surface area contributed by atoms with Gasteiger partial charge in [0.1, 0.15) is 0 Å². The second-order valence-electron chi connectivity index (χ2n) is 7.44. The summed E-state index contributed by atoms with van der Waals surface area (Å²) in [6, 6.07) is 21.4. The van der Waals surface area contributed by atoms with Gasteiger partial charge < -0.3 is 18.8 Å². The Kier molecular flexibility index (Phi) is 5.99. The van der Waals surface area contributed by atoms with E-state index < -0.39 is 0 Å². The number of carbonyl (C=O) groups is 1. The molecule has 4 rings (SSSR count). The lowest BCUT2D eigenvalue weighted by Gasteiger charge is -2.14. The van der Waals surface area contributed by atoms with E-state index in [-0.39, 0.29) is 5.78 Å². The molecule has 1 aromatic heterocycles. The predicted octanol–water partition coefficient (Wildman–Crippen LogP) is 5.71. The number of ketones is 1. The highest BCUT2D eigenvalue weighted by Gasteiger charge is 2.22. The minimum atomic E-state index is -0.130. The van der Waals surface area contributed by atoms with Gasteiger partial charge in [-0.2, -0.15) is 0 Å². The minimum absolute atomic E-state index is 0.130. The topological polar surface area (TPSA) is 49.7 Å². The summed E-state index contributed by atoms with van der Waals surface area (Å²) in [5.74, 6) is 1.20. The van der Waals surface area contributed by atoms with Gasteiger partial charge in [-0.05, 0) is 42.3 Å². The Bertz CT molecular complexity index is 1230. The molecule has 0 N–H and O–H groups in total. The lowest BCUT2D eigenvalue weighted by Crippen LogP contribution is -2.04. The smallest absolute Gasteiger partial charge is 0.203 e. The molecular formula is C27H25NO4. The third-order valence-corrected chi connectivity index (χ3v) is 5.38. The van der Waals surface area contributed by atoms with E-state index in [9.17, 15) is 4.79 Å². The van der Waals surface area contributed by atoms with Crippen LogP contribution < -0.4 is 14.2 Å². The van der Waals surface area contributed by atoms with Gasteiger partial charge in [-0.15, -0.1) is 0 Å². The van der Waals surface area contributed by atoms with Crippen molar-refractivity contribution in [1.29, 1.82) is 0 Å². The number of methoxy groups -OCH3 is 3. The summed E-state index contributed by atoms with van der Waals surface area (Å²) in [5, 5.41) is 0. The van der Waals surface area contributed by atoms with E-state index in [2.05, 4.69) is 6.07 Å². The standard InChI is InChI=1S/C27H25NO4/c1-18-9-8-12-21(13-18)28-16-22(19-10-6-5-7-11-19)23(17-28)26(29)20-14-24(30-2)27(32-4)25(15-20)31-3/h5-17H,1-4H3. The third-order valence-electron chi connectivity index (χ3n) is 5.38. The first kappa shape index (κ1) is 21.2. The summed E-state index contributed by atoms with van der Waals surface area (Å²) in [4.78, 5) is 13.7. The molecule has 0 bridgehead atoms. The largest absolute Gasteiger partial charge is 0.493 e. The highest BCUT2D eigenvalue weighted by Crippen LogP contribution is 2.39. The van der Waals surface area contributed by atoms with Crippen LogP contribution in [0, 0.1) is 6.92 Å². The quantitative estimate of drug-likeness (QED) is 0.355. The molecule has 0 spiro atoms. The Morgan fingerprint density at radius 1 is 0.781 bits per heavy atom. The highest BCUT2D eigenvalue weighted by molar-refractivity contribution is 6.13. The lowest BCUT2D eigenvalue weighted by molar-refractivity contribution is 0.103. The molecule has 0 aliphatic rings. The molecule has 3 aromatic carbocycles. The molecule has 162 valence electrons. The van der Waals surface area contributed by atoms with Crippen LogP contribution in [0.4, 0.5) is 0 Å². The summed E-state index contributed by atoms with van der Waals surface area (Å²) in [7, 11) is 4.61. The molecule has 0 saturated heterocycles. The van der Waals surface area contributed by atoms with E-state index in [1.807, 2.05) is 72.4 Å². The van der Waals surface area contributed by atoms with Crippen LogP contribution in [0.3, 0.4) is 0 Å². The monoisotopic (exact) mass is 427 g/mol. The van der Waals surface area contributed by atoms with Gasteiger partial charge in [0.15, 0.2) is 17.3 Å². The van der Waals surface area contributed by atoms with Gasteiger partial charge in [0.2, 0.25) is 5.75 Å². The Morgan fingerprint density at radius 2 is 1.47 bits per heavy atom. The molecule has 0 saturated carbocycles. The molecule has 5 nitrogen and oxygen atoms in total. The fourth-order valence-corrected chi connectivity index (χ4v) is 3.79. The fraction of sp³-hybridized carbons (Fsp3) is 0.148. The van der Waals surface area contributed by atoms with Crippen molar-refractivity contribution in [1.82, 2.24) is 4.57 Å². The van der Waals surface area contributed by atoms with E-state index in [1.54, 1.807) is 12.1 Å². The number of carbonyl (C=O) groups excluding carboxylic acids is 1. The van der Waals surface area contributed by atoms with Gasteiger partial charge in [0.05, 0.1) is 21.3 Å². The van der Waals surface area contributed by atoms with E-state index in [0.717, 1.165) is 22.4 Å². The summed E-state index contributed by atoms with van der Waals surface area (Å²) in [5.41, 5.74) is 5.01. The summed E-state index contributed by atoms with van der Waals surface area (Å²) < 4.78 is 18.3. The molecule has 0 amide bonds. The first-order valence-electron chi connectivity index (χ1n) is 10.2. The molecule has 0 radical (unpaired) electrons. The molecule has 32 heavy (non-hydrogen) atoms. The molecular weight excluding hydrogens is 402 g/mol. The van der Waals surface area contributed by atoms with Crippen molar-refractivity contribution in [3.8, 4) is 34.1 Å². The van der Waals surface area contributed by atoms with Gasteiger partial charge in [-0.3, -0.25) is 4.79 Å². The van der Waals surface area contributed by atoms with Crippen LogP contribution >= 0.6 is 0 Å². The predicted molar refractivity (Wildman–Crippen MR) is 125 cm³/mol. The number of hydrogen-bond donors (Lipinski definition) is 0. The first-order valence-corrected chi connectivity index (χ1v) is 10.2. The van der Waals surface area contributed by atoms with Crippen LogP contribution in [0.2, 0.25) is 0 Å². The zero-order valence-corrected chi connectivity index (χ0v) is 18.6. The van der Waals surface area contributed by atoms with Crippen molar-refractivity contribution < 1.29 is 19.0 Å². The van der Waals surface area contributed by atoms with Gasteiger partial charge in [-0.1, -0.05) is 42.5 Å². The van der Waals surface area contributed by atoms with Gasteiger partial charge in [0, 0.05) is 34.8 Å². The summed E-state index contributed by atoms with van der Waals surface area (Å²) in [6.45, 7) is 2.05. The average molecular weight is 428 g/mol. The van der Waals surface area contributed by atoms with E-state index in [1.165, 1.54) is 21.3 Å². The maximum Gasteiger partial charge on any atom is 0.203 e. The van der Waals surface area contributed by atoms with E-state index >= 15 is 0 Å². The van der Waals surface area contributed by atoms with E-state index in [0.29, 0.717) is 28.4 Å². The number of ether oxygens (including phenoxy) is 3. The van der Waals surface area contributed by atoms with Crippen LogP contribution in [-0.2, 0) is 0 Å². The summed E-state index contributed by atoms with van der Waals surface area (Å²) >= 11 is 0. The molecule has 0 aliphatic carbocycles. The Morgan fingerprint density at radius 3 is 2.06 bits per heavy atom. The fourth-order valence-electron chi connectivity index (χ4n) is 3.79.